The number of rotatable bonds is 4. The van der Waals surface area contributed by atoms with Crippen LogP contribution in [0.15, 0.2) is 0 Å². The SMILES string of the molecule is CCC(C#N)NCC1(C)CCOCC1. The topological polar surface area (TPSA) is 45.0 Å². The Hall–Kier alpha value is -0.590. The van der Waals surface area contributed by atoms with Crippen LogP contribution < -0.4 is 5.32 Å². The van der Waals surface area contributed by atoms with E-state index in [-0.39, 0.29) is 6.04 Å². The van der Waals surface area contributed by atoms with Gasteiger partial charge in [0.05, 0.1) is 12.1 Å². The zero-order valence-corrected chi connectivity index (χ0v) is 9.18. The third-order valence-electron chi connectivity index (χ3n) is 3.04. The Balaban J connectivity index is 2.31. The molecule has 1 rings (SSSR count). The quantitative estimate of drug-likeness (QED) is 0.744. The van der Waals surface area contributed by atoms with E-state index in [1.54, 1.807) is 0 Å². The van der Waals surface area contributed by atoms with Gasteiger partial charge in [-0.3, -0.25) is 0 Å². The Kier molecular flexibility index (Phi) is 4.37. The van der Waals surface area contributed by atoms with Crippen molar-refractivity contribution in [2.24, 2.45) is 5.41 Å². The number of ether oxygens (including phenoxy) is 1. The van der Waals surface area contributed by atoms with Gasteiger partial charge in [-0.25, -0.2) is 0 Å². The number of nitrogens with zero attached hydrogens (tertiary/aromatic N) is 1. The largest absolute Gasteiger partial charge is 0.381 e. The van der Waals surface area contributed by atoms with Crippen LogP contribution in [0.5, 0.6) is 0 Å². The smallest absolute Gasteiger partial charge is 0.0950 e. The van der Waals surface area contributed by atoms with Crippen molar-refractivity contribution in [3.8, 4) is 6.07 Å². The molecule has 1 N–H and O–H groups in total. The molecule has 14 heavy (non-hydrogen) atoms. The summed E-state index contributed by atoms with van der Waals surface area (Å²) in [6.45, 7) is 6.96. The molecule has 0 bridgehead atoms. The summed E-state index contributed by atoms with van der Waals surface area (Å²) < 4.78 is 5.33. The summed E-state index contributed by atoms with van der Waals surface area (Å²) in [4.78, 5) is 0. The van der Waals surface area contributed by atoms with E-state index in [0.29, 0.717) is 5.41 Å². The summed E-state index contributed by atoms with van der Waals surface area (Å²) >= 11 is 0. The Bertz CT molecular complexity index is 204. The predicted molar refractivity (Wildman–Crippen MR) is 55.9 cm³/mol. The second-order valence-electron chi connectivity index (χ2n) is 4.39. The zero-order valence-electron chi connectivity index (χ0n) is 9.18. The summed E-state index contributed by atoms with van der Waals surface area (Å²) in [6.07, 6.45) is 3.08. The van der Waals surface area contributed by atoms with Gasteiger partial charge in [0.25, 0.3) is 0 Å². The molecule has 1 aliphatic rings. The molecule has 0 saturated carbocycles. The molecule has 1 unspecified atom stereocenters. The highest BCUT2D eigenvalue weighted by Gasteiger charge is 2.27. The van der Waals surface area contributed by atoms with E-state index >= 15 is 0 Å². The zero-order chi connectivity index (χ0) is 10.4. The fourth-order valence-corrected chi connectivity index (χ4v) is 1.69. The van der Waals surface area contributed by atoms with Gasteiger partial charge in [-0.15, -0.1) is 0 Å². The number of hydrogen-bond acceptors (Lipinski definition) is 3. The molecule has 1 heterocycles. The molecule has 0 radical (unpaired) electrons. The third kappa shape index (κ3) is 3.28. The molecule has 3 heteroatoms. The fraction of sp³-hybridized carbons (Fsp3) is 0.909. The normalized spacial score (nSPS) is 22.6. The van der Waals surface area contributed by atoms with Crippen molar-refractivity contribution in [2.45, 2.75) is 39.2 Å². The minimum atomic E-state index is 0.00895. The van der Waals surface area contributed by atoms with Crippen LogP contribution in [0.25, 0.3) is 0 Å². The fourth-order valence-electron chi connectivity index (χ4n) is 1.69. The van der Waals surface area contributed by atoms with E-state index in [9.17, 15) is 0 Å². The second-order valence-corrected chi connectivity index (χ2v) is 4.39. The van der Waals surface area contributed by atoms with Crippen LogP contribution in [0, 0.1) is 16.7 Å². The van der Waals surface area contributed by atoms with Gasteiger partial charge in [-0.05, 0) is 24.7 Å². The summed E-state index contributed by atoms with van der Waals surface area (Å²) in [5, 5.41) is 12.1. The lowest BCUT2D eigenvalue weighted by molar-refractivity contribution is 0.0235. The highest BCUT2D eigenvalue weighted by atomic mass is 16.5. The summed E-state index contributed by atoms with van der Waals surface area (Å²) in [5.74, 6) is 0. The minimum Gasteiger partial charge on any atom is -0.381 e. The van der Waals surface area contributed by atoms with Gasteiger partial charge in [-0.1, -0.05) is 13.8 Å². The van der Waals surface area contributed by atoms with Crippen LogP contribution in [0.4, 0.5) is 0 Å². The molecule has 0 aromatic rings. The molecule has 0 amide bonds. The lowest BCUT2D eigenvalue weighted by atomic mass is 9.82. The molecule has 0 aromatic carbocycles. The van der Waals surface area contributed by atoms with Crippen molar-refractivity contribution in [2.75, 3.05) is 19.8 Å². The van der Waals surface area contributed by atoms with Crippen LogP contribution in [0.3, 0.4) is 0 Å². The molecular formula is C11H20N2O. The molecule has 80 valence electrons. The van der Waals surface area contributed by atoms with Crippen LogP contribution in [0.2, 0.25) is 0 Å². The predicted octanol–water partition coefficient (Wildman–Crippen LogP) is 1.69. The average molecular weight is 196 g/mol. The summed E-state index contributed by atoms with van der Waals surface area (Å²) in [5.41, 5.74) is 0.322. The maximum atomic E-state index is 8.80. The highest BCUT2D eigenvalue weighted by Crippen LogP contribution is 2.28. The van der Waals surface area contributed by atoms with Gasteiger partial charge in [0.2, 0.25) is 0 Å². The Morgan fingerprint density at radius 3 is 2.64 bits per heavy atom. The summed E-state index contributed by atoms with van der Waals surface area (Å²) in [7, 11) is 0. The first-order valence-corrected chi connectivity index (χ1v) is 5.41. The first kappa shape index (κ1) is 11.5. The Morgan fingerprint density at radius 1 is 1.50 bits per heavy atom. The maximum absolute atomic E-state index is 8.80. The van der Waals surface area contributed by atoms with Crippen LogP contribution >= 0.6 is 0 Å². The van der Waals surface area contributed by atoms with Crippen molar-refractivity contribution < 1.29 is 4.74 Å². The molecule has 0 spiro atoms. The van der Waals surface area contributed by atoms with E-state index in [1.807, 2.05) is 6.92 Å². The van der Waals surface area contributed by atoms with E-state index < -0.39 is 0 Å². The third-order valence-corrected chi connectivity index (χ3v) is 3.04. The lowest BCUT2D eigenvalue weighted by Gasteiger charge is -2.34. The number of hydrogen-bond donors (Lipinski definition) is 1. The summed E-state index contributed by atoms with van der Waals surface area (Å²) in [6, 6.07) is 2.28. The van der Waals surface area contributed by atoms with Crippen molar-refractivity contribution >= 4 is 0 Å². The van der Waals surface area contributed by atoms with Gasteiger partial charge in [0.1, 0.15) is 0 Å². The first-order chi connectivity index (χ1) is 6.70. The van der Waals surface area contributed by atoms with Crippen LogP contribution in [-0.2, 0) is 4.74 Å². The Labute approximate surface area is 86.4 Å². The standard InChI is InChI=1S/C11H20N2O/c1-3-10(8-12)13-9-11(2)4-6-14-7-5-11/h10,13H,3-7,9H2,1-2H3. The van der Waals surface area contributed by atoms with Crippen LogP contribution in [-0.4, -0.2) is 25.8 Å². The molecule has 0 aliphatic carbocycles. The van der Waals surface area contributed by atoms with Gasteiger partial charge < -0.3 is 10.1 Å². The Morgan fingerprint density at radius 2 is 2.14 bits per heavy atom. The van der Waals surface area contributed by atoms with E-state index in [2.05, 4.69) is 18.3 Å². The molecule has 1 atom stereocenters. The highest BCUT2D eigenvalue weighted by molar-refractivity contribution is 4.91. The van der Waals surface area contributed by atoms with Crippen LogP contribution in [0.1, 0.15) is 33.1 Å². The first-order valence-electron chi connectivity index (χ1n) is 5.41. The van der Waals surface area contributed by atoms with Crippen molar-refractivity contribution in [1.82, 2.24) is 5.32 Å². The van der Waals surface area contributed by atoms with Gasteiger partial charge in [0.15, 0.2) is 0 Å². The van der Waals surface area contributed by atoms with Gasteiger partial charge in [-0.2, -0.15) is 5.26 Å². The van der Waals surface area contributed by atoms with Crippen molar-refractivity contribution in [3.05, 3.63) is 0 Å². The second kappa shape index (κ2) is 5.33. The molecular weight excluding hydrogens is 176 g/mol. The van der Waals surface area contributed by atoms with E-state index in [4.69, 9.17) is 10.00 Å². The van der Waals surface area contributed by atoms with Crippen molar-refractivity contribution in [1.29, 1.82) is 5.26 Å². The molecule has 3 nitrogen and oxygen atoms in total. The van der Waals surface area contributed by atoms with E-state index in [1.165, 1.54) is 0 Å². The minimum absolute atomic E-state index is 0.00895. The van der Waals surface area contributed by atoms with E-state index in [0.717, 1.165) is 39.0 Å². The average Bonchev–Trinajstić information content (AvgIpc) is 2.20. The van der Waals surface area contributed by atoms with Crippen molar-refractivity contribution in [3.63, 3.8) is 0 Å². The molecule has 1 aliphatic heterocycles. The monoisotopic (exact) mass is 196 g/mol. The maximum Gasteiger partial charge on any atom is 0.0950 e. The molecule has 1 saturated heterocycles. The van der Waals surface area contributed by atoms with Gasteiger partial charge >= 0.3 is 0 Å². The molecule has 0 aromatic heterocycles. The lowest BCUT2D eigenvalue weighted by Crippen LogP contribution is -2.40. The number of nitriles is 1. The number of nitrogens with one attached hydrogen (secondary N) is 1. The molecule has 1 fully saturated rings. The van der Waals surface area contributed by atoms with Gasteiger partial charge in [0, 0.05) is 19.8 Å².